The van der Waals surface area contributed by atoms with E-state index in [1.807, 2.05) is 11.9 Å². The van der Waals surface area contributed by atoms with Crippen LogP contribution in [0.1, 0.15) is 20.8 Å². The SMILES string of the molecule is CN(CCNC(C)(C)C)CC(=O)N(C)C. The van der Waals surface area contributed by atoms with Gasteiger partial charge in [0.2, 0.25) is 5.91 Å². The second kappa shape index (κ2) is 6.08. The maximum Gasteiger partial charge on any atom is 0.236 e. The normalized spacial score (nSPS) is 11.9. The Balaban J connectivity index is 3.67. The number of rotatable bonds is 5. The van der Waals surface area contributed by atoms with E-state index in [0.29, 0.717) is 6.54 Å². The summed E-state index contributed by atoms with van der Waals surface area (Å²) in [5, 5.41) is 3.39. The molecule has 4 nitrogen and oxygen atoms in total. The van der Waals surface area contributed by atoms with Crippen LogP contribution in [0, 0.1) is 0 Å². The predicted molar refractivity (Wildman–Crippen MR) is 63.9 cm³/mol. The Morgan fingerprint density at radius 3 is 2.13 bits per heavy atom. The molecular formula is C11H25N3O. The van der Waals surface area contributed by atoms with Crippen LogP contribution >= 0.6 is 0 Å². The Labute approximate surface area is 93.6 Å². The van der Waals surface area contributed by atoms with Crippen molar-refractivity contribution in [2.45, 2.75) is 26.3 Å². The fraction of sp³-hybridized carbons (Fsp3) is 0.909. The third-order valence-corrected chi connectivity index (χ3v) is 2.05. The van der Waals surface area contributed by atoms with Crippen LogP contribution in [-0.2, 0) is 4.79 Å². The molecule has 0 aromatic carbocycles. The molecular weight excluding hydrogens is 190 g/mol. The number of amides is 1. The molecule has 0 atom stereocenters. The second-order valence-corrected chi connectivity index (χ2v) is 5.20. The molecule has 1 amide bonds. The largest absolute Gasteiger partial charge is 0.348 e. The zero-order chi connectivity index (χ0) is 12.1. The minimum atomic E-state index is 0.145. The lowest BCUT2D eigenvalue weighted by molar-refractivity contribution is -0.129. The third kappa shape index (κ3) is 8.39. The molecule has 0 saturated carbocycles. The van der Waals surface area contributed by atoms with Gasteiger partial charge in [-0.15, -0.1) is 0 Å². The van der Waals surface area contributed by atoms with Crippen molar-refractivity contribution < 1.29 is 4.79 Å². The van der Waals surface area contributed by atoms with Crippen LogP contribution in [0.15, 0.2) is 0 Å². The first-order valence-electron chi connectivity index (χ1n) is 5.36. The van der Waals surface area contributed by atoms with Gasteiger partial charge in [-0.3, -0.25) is 9.69 Å². The van der Waals surface area contributed by atoms with Crippen molar-refractivity contribution in [1.82, 2.24) is 15.1 Å². The van der Waals surface area contributed by atoms with Crippen molar-refractivity contribution in [3.05, 3.63) is 0 Å². The molecule has 0 spiro atoms. The molecule has 90 valence electrons. The summed E-state index contributed by atoms with van der Waals surface area (Å²) in [6, 6.07) is 0. The maximum absolute atomic E-state index is 11.4. The fourth-order valence-corrected chi connectivity index (χ4v) is 1.07. The van der Waals surface area contributed by atoms with Crippen molar-refractivity contribution >= 4 is 5.91 Å². The van der Waals surface area contributed by atoms with Crippen LogP contribution in [0.2, 0.25) is 0 Å². The number of likely N-dealkylation sites (N-methyl/N-ethyl adjacent to an activating group) is 2. The molecule has 0 aromatic heterocycles. The molecule has 0 fully saturated rings. The smallest absolute Gasteiger partial charge is 0.236 e. The average molecular weight is 215 g/mol. The summed E-state index contributed by atoms with van der Waals surface area (Å²) in [6.45, 7) is 8.68. The van der Waals surface area contributed by atoms with Gasteiger partial charge in [0.1, 0.15) is 0 Å². The van der Waals surface area contributed by atoms with Crippen LogP contribution < -0.4 is 5.32 Å². The number of carbonyl (C=O) groups is 1. The summed E-state index contributed by atoms with van der Waals surface area (Å²) in [7, 11) is 5.53. The highest BCUT2D eigenvalue weighted by atomic mass is 16.2. The minimum absolute atomic E-state index is 0.145. The lowest BCUT2D eigenvalue weighted by Crippen LogP contribution is -2.42. The molecule has 0 radical (unpaired) electrons. The quantitative estimate of drug-likeness (QED) is 0.721. The van der Waals surface area contributed by atoms with Gasteiger partial charge in [-0.1, -0.05) is 0 Å². The molecule has 0 aliphatic rings. The third-order valence-electron chi connectivity index (χ3n) is 2.05. The monoisotopic (exact) mass is 215 g/mol. The number of nitrogens with zero attached hydrogens (tertiary/aromatic N) is 2. The van der Waals surface area contributed by atoms with Gasteiger partial charge >= 0.3 is 0 Å². The predicted octanol–water partition coefficient (Wildman–Crippen LogP) is 0.395. The molecule has 0 bridgehead atoms. The van der Waals surface area contributed by atoms with Crippen molar-refractivity contribution in [1.29, 1.82) is 0 Å². The van der Waals surface area contributed by atoms with Crippen molar-refractivity contribution in [3.63, 3.8) is 0 Å². The summed E-state index contributed by atoms with van der Waals surface area (Å²) in [5.74, 6) is 0.147. The molecule has 0 heterocycles. The summed E-state index contributed by atoms with van der Waals surface area (Å²) in [4.78, 5) is 15.0. The second-order valence-electron chi connectivity index (χ2n) is 5.20. The van der Waals surface area contributed by atoms with Gasteiger partial charge in [-0.25, -0.2) is 0 Å². The zero-order valence-corrected chi connectivity index (χ0v) is 10.9. The number of nitrogens with one attached hydrogen (secondary N) is 1. The zero-order valence-electron chi connectivity index (χ0n) is 10.9. The maximum atomic E-state index is 11.4. The van der Waals surface area contributed by atoms with Crippen LogP contribution in [0.5, 0.6) is 0 Å². The summed E-state index contributed by atoms with van der Waals surface area (Å²) in [5.41, 5.74) is 0.145. The van der Waals surface area contributed by atoms with E-state index >= 15 is 0 Å². The van der Waals surface area contributed by atoms with E-state index in [1.165, 1.54) is 0 Å². The molecule has 0 rings (SSSR count). The van der Waals surface area contributed by atoms with Crippen LogP contribution in [0.25, 0.3) is 0 Å². The Morgan fingerprint density at radius 1 is 1.20 bits per heavy atom. The van der Waals surface area contributed by atoms with E-state index < -0.39 is 0 Å². The van der Waals surface area contributed by atoms with Crippen molar-refractivity contribution in [3.8, 4) is 0 Å². The molecule has 0 aliphatic heterocycles. The Hall–Kier alpha value is -0.610. The first-order chi connectivity index (χ1) is 6.72. The van der Waals surface area contributed by atoms with Gasteiger partial charge in [-0.2, -0.15) is 0 Å². The fourth-order valence-electron chi connectivity index (χ4n) is 1.07. The lowest BCUT2D eigenvalue weighted by atomic mass is 10.1. The molecule has 0 aromatic rings. The highest BCUT2D eigenvalue weighted by Gasteiger charge is 2.10. The minimum Gasteiger partial charge on any atom is -0.348 e. The van der Waals surface area contributed by atoms with Crippen molar-refractivity contribution in [2.24, 2.45) is 0 Å². The average Bonchev–Trinajstić information content (AvgIpc) is 2.01. The highest BCUT2D eigenvalue weighted by Crippen LogP contribution is 1.97. The summed E-state index contributed by atoms with van der Waals surface area (Å²) in [6.07, 6.45) is 0. The Bertz CT molecular complexity index is 196. The van der Waals surface area contributed by atoms with E-state index in [2.05, 4.69) is 26.1 Å². The first-order valence-corrected chi connectivity index (χ1v) is 5.36. The van der Waals surface area contributed by atoms with E-state index in [4.69, 9.17) is 0 Å². The van der Waals surface area contributed by atoms with Crippen LogP contribution in [-0.4, -0.2) is 62.0 Å². The molecule has 0 unspecified atom stereocenters. The van der Waals surface area contributed by atoms with Gasteiger partial charge in [0.05, 0.1) is 6.54 Å². The molecule has 0 aliphatic carbocycles. The lowest BCUT2D eigenvalue weighted by Gasteiger charge is -2.24. The number of carbonyl (C=O) groups excluding carboxylic acids is 1. The van der Waals surface area contributed by atoms with Gasteiger partial charge in [0.15, 0.2) is 0 Å². The summed E-state index contributed by atoms with van der Waals surface area (Å²) < 4.78 is 0. The molecule has 0 saturated heterocycles. The summed E-state index contributed by atoms with van der Waals surface area (Å²) >= 11 is 0. The first kappa shape index (κ1) is 14.4. The van der Waals surface area contributed by atoms with E-state index in [1.54, 1.807) is 19.0 Å². The highest BCUT2D eigenvalue weighted by molar-refractivity contribution is 5.77. The Morgan fingerprint density at radius 2 is 1.73 bits per heavy atom. The van der Waals surface area contributed by atoms with Crippen LogP contribution in [0.4, 0.5) is 0 Å². The molecule has 4 heteroatoms. The standard InChI is InChI=1S/C11H25N3O/c1-11(2,3)12-7-8-14(6)9-10(15)13(4)5/h12H,7-9H2,1-6H3. The van der Waals surface area contributed by atoms with E-state index in [9.17, 15) is 4.79 Å². The van der Waals surface area contributed by atoms with E-state index in [-0.39, 0.29) is 11.4 Å². The van der Waals surface area contributed by atoms with Crippen molar-refractivity contribution in [2.75, 3.05) is 40.8 Å². The number of hydrogen-bond donors (Lipinski definition) is 1. The molecule has 15 heavy (non-hydrogen) atoms. The Kier molecular flexibility index (Phi) is 5.83. The van der Waals surface area contributed by atoms with E-state index in [0.717, 1.165) is 13.1 Å². The molecule has 1 N–H and O–H groups in total. The van der Waals surface area contributed by atoms with Gasteiger partial charge in [0, 0.05) is 32.7 Å². The van der Waals surface area contributed by atoms with Gasteiger partial charge in [-0.05, 0) is 27.8 Å². The van der Waals surface area contributed by atoms with Gasteiger partial charge in [0.25, 0.3) is 0 Å². The topological polar surface area (TPSA) is 35.6 Å². The van der Waals surface area contributed by atoms with Gasteiger partial charge < -0.3 is 10.2 Å². The van der Waals surface area contributed by atoms with Crippen LogP contribution in [0.3, 0.4) is 0 Å². The number of hydrogen-bond acceptors (Lipinski definition) is 3.